The summed E-state index contributed by atoms with van der Waals surface area (Å²) in [5, 5.41) is 4.19. The van der Waals surface area contributed by atoms with Crippen LogP contribution in [0.15, 0.2) is 41.0 Å². The zero-order valence-corrected chi connectivity index (χ0v) is 13.3. The van der Waals surface area contributed by atoms with Gasteiger partial charge in [-0.1, -0.05) is 25.5 Å². The van der Waals surface area contributed by atoms with E-state index >= 15 is 0 Å². The van der Waals surface area contributed by atoms with Crippen LogP contribution in [0.1, 0.15) is 19.8 Å². The predicted octanol–water partition coefficient (Wildman–Crippen LogP) is 5.39. The van der Waals surface area contributed by atoms with Crippen molar-refractivity contribution in [2.45, 2.75) is 24.8 Å². The quantitative estimate of drug-likeness (QED) is 0.358. The van der Waals surface area contributed by atoms with E-state index < -0.39 is 0 Å². The molecule has 0 unspecified atom stereocenters. The molecule has 0 spiro atoms. The van der Waals surface area contributed by atoms with Crippen LogP contribution in [-0.2, 0) is 0 Å². The van der Waals surface area contributed by atoms with Gasteiger partial charge in [0, 0.05) is 10.9 Å². The normalized spacial score (nSPS) is 11.1. The summed E-state index contributed by atoms with van der Waals surface area (Å²) in [6.45, 7) is 2.19. The minimum atomic E-state index is -0.216. The lowest BCUT2D eigenvalue weighted by molar-refractivity contribution is 0.628. The van der Waals surface area contributed by atoms with Crippen molar-refractivity contribution in [3.05, 3.63) is 41.8 Å². The molecular formula is C16H15FN2S2. The van der Waals surface area contributed by atoms with E-state index in [1.807, 2.05) is 12.1 Å². The maximum Gasteiger partial charge on any atom is 0.128 e. The fraction of sp³-hybridized carbons (Fsp3) is 0.250. The number of thiophene rings is 1. The molecule has 0 aliphatic heterocycles. The van der Waals surface area contributed by atoms with E-state index in [0.717, 1.165) is 32.1 Å². The van der Waals surface area contributed by atoms with Gasteiger partial charge in [0.25, 0.3) is 0 Å². The van der Waals surface area contributed by atoms with Crippen molar-refractivity contribution in [2.75, 3.05) is 5.75 Å². The predicted molar refractivity (Wildman–Crippen MR) is 88.4 cm³/mol. The number of nitrogens with zero attached hydrogens (tertiary/aromatic N) is 2. The number of unbranched alkanes of at least 4 members (excludes halogenated alkanes) is 1. The number of aromatic nitrogens is 2. The van der Waals surface area contributed by atoms with Gasteiger partial charge in [-0.2, -0.15) is 0 Å². The first-order valence-corrected chi connectivity index (χ1v) is 8.77. The average molecular weight is 318 g/mol. The van der Waals surface area contributed by atoms with Crippen LogP contribution in [0.5, 0.6) is 0 Å². The Bertz CT molecular complexity index is 738. The number of rotatable bonds is 5. The van der Waals surface area contributed by atoms with Crippen molar-refractivity contribution in [3.63, 3.8) is 0 Å². The summed E-state index contributed by atoms with van der Waals surface area (Å²) >= 11 is 3.38. The third-order valence-corrected chi connectivity index (χ3v) is 5.19. The summed E-state index contributed by atoms with van der Waals surface area (Å²) in [7, 11) is 0. The van der Waals surface area contributed by atoms with E-state index in [1.165, 1.54) is 25.0 Å². The molecule has 2 heterocycles. The summed E-state index contributed by atoms with van der Waals surface area (Å²) in [4.78, 5) is 9.78. The molecule has 21 heavy (non-hydrogen) atoms. The van der Waals surface area contributed by atoms with Crippen LogP contribution in [0.25, 0.3) is 21.3 Å². The van der Waals surface area contributed by atoms with Gasteiger partial charge in [0.05, 0.1) is 5.39 Å². The van der Waals surface area contributed by atoms with Gasteiger partial charge >= 0.3 is 0 Å². The Hall–Kier alpha value is -1.46. The maximum absolute atomic E-state index is 13.1. The Kier molecular flexibility index (Phi) is 4.51. The third kappa shape index (κ3) is 3.09. The molecule has 0 saturated heterocycles. The van der Waals surface area contributed by atoms with E-state index in [-0.39, 0.29) is 5.82 Å². The molecule has 1 aromatic carbocycles. The lowest BCUT2D eigenvalue weighted by atomic mass is 10.1. The van der Waals surface area contributed by atoms with Gasteiger partial charge in [-0.3, -0.25) is 0 Å². The Labute approximate surface area is 131 Å². The average Bonchev–Trinajstić information content (AvgIpc) is 2.93. The van der Waals surface area contributed by atoms with Crippen molar-refractivity contribution in [1.82, 2.24) is 9.97 Å². The number of halogens is 1. The summed E-state index contributed by atoms with van der Waals surface area (Å²) in [5.41, 5.74) is 2.10. The Balaban J connectivity index is 2.04. The second-order valence-electron chi connectivity index (χ2n) is 4.72. The van der Waals surface area contributed by atoms with Crippen molar-refractivity contribution in [2.24, 2.45) is 0 Å². The summed E-state index contributed by atoms with van der Waals surface area (Å²) in [6, 6.07) is 6.60. The molecule has 0 atom stereocenters. The SMILES string of the molecule is CCCCSc1ncnc2scc(-c3ccc(F)cc3)c12. The Morgan fingerprint density at radius 3 is 2.76 bits per heavy atom. The maximum atomic E-state index is 13.1. The van der Waals surface area contributed by atoms with Crippen LogP contribution in [0.3, 0.4) is 0 Å². The monoisotopic (exact) mass is 318 g/mol. The summed E-state index contributed by atoms with van der Waals surface area (Å²) < 4.78 is 13.1. The van der Waals surface area contributed by atoms with Gasteiger partial charge in [0.2, 0.25) is 0 Å². The number of fused-ring (bicyclic) bond motifs is 1. The van der Waals surface area contributed by atoms with Gasteiger partial charge in [-0.05, 0) is 29.9 Å². The first-order chi connectivity index (χ1) is 10.3. The summed E-state index contributed by atoms with van der Waals surface area (Å²) in [6.07, 6.45) is 3.98. The van der Waals surface area contributed by atoms with E-state index in [0.29, 0.717) is 0 Å². The van der Waals surface area contributed by atoms with Gasteiger partial charge in [-0.25, -0.2) is 14.4 Å². The third-order valence-electron chi connectivity index (χ3n) is 3.23. The Morgan fingerprint density at radius 2 is 2.00 bits per heavy atom. The second kappa shape index (κ2) is 6.54. The molecule has 3 rings (SSSR count). The van der Waals surface area contributed by atoms with Crippen LogP contribution in [0, 0.1) is 5.82 Å². The molecule has 2 aromatic heterocycles. The highest BCUT2D eigenvalue weighted by molar-refractivity contribution is 7.99. The molecule has 0 amide bonds. The molecular weight excluding hydrogens is 303 g/mol. The molecule has 5 heteroatoms. The topological polar surface area (TPSA) is 25.8 Å². The molecule has 0 fully saturated rings. The first kappa shape index (κ1) is 14.5. The number of hydrogen-bond acceptors (Lipinski definition) is 4. The standard InChI is InChI=1S/C16H15FN2S2/c1-2-3-8-20-15-14-13(9-21-16(14)19-10-18-15)11-4-6-12(17)7-5-11/h4-7,9-10H,2-3,8H2,1H3. The molecule has 0 radical (unpaired) electrons. The lowest BCUT2D eigenvalue weighted by Gasteiger charge is -2.05. The number of benzene rings is 1. The van der Waals surface area contributed by atoms with Gasteiger partial charge < -0.3 is 0 Å². The molecule has 108 valence electrons. The highest BCUT2D eigenvalue weighted by Gasteiger charge is 2.13. The molecule has 3 aromatic rings. The fourth-order valence-electron chi connectivity index (χ4n) is 2.11. The van der Waals surface area contributed by atoms with E-state index in [2.05, 4.69) is 22.3 Å². The van der Waals surface area contributed by atoms with Gasteiger partial charge in [0.15, 0.2) is 0 Å². The van der Waals surface area contributed by atoms with Crippen LogP contribution < -0.4 is 0 Å². The van der Waals surface area contributed by atoms with Crippen molar-refractivity contribution >= 4 is 33.3 Å². The number of thioether (sulfide) groups is 1. The minimum absolute atomic E-state index is 0.216. The first-order valence-electron chi connectivity index (χ1n) is 6.90. The smallest absolute Gasteiger partial charge is 0.128 e. The molecule has 0 bridgehead atoms. The van der Waals surface area contributed by atoms with E-state index in [1.54, 1.807) is 29.4 Å². The largest absolute Gasteiger partial charge is 0.229 e. The fourth-order valence-corrected chi connectivity index (χ4v) is 4.19. The Morgan fingerprint density at radius 1 is 1.19 bits per heavy atom. The van der Waals surface area contributed by atoms with Crippen molar-refractivity contribution in [3.8, 4) is 11.1 Å². The van der Waals surface area contributed by atoms with Crippen molar-refractivity contribution in [1.29, 1.82) is 0 Å². The lowest BCUT2D eigenvalue weighted by Crippen LogP contribution is -1.87. The molecule has 0 N–H and O–H groups in total. The van der Waals surface area contributed by atoms with Gasteiger partial charge in [-0.15, -0.1) is 23.1 Å². The molecule has 0 aliphatic rings. The summed E-state index contributed by atoms with van der Waals surface area (Å²) in [5.74, 6) is 0.841. The number of hydrogen-bond donors (Lipinski definition) is 0. The zero-order valence-electron chi connectivity index (χ0n) is 11.7. The van der Waals surface area contributed by atoms with Crippen LogP contribution in [0.4, 0.5) is 4.39 Å². The molecule has 2 nitrogen and oxygen atoms in total. The highest BCUT2D eigenvalue weighted by Crippen LogP contribution is 2.37. The molecule has 0 aliphatic carbocycles. The van der Waals surface area contributed by atoms with Crippen molar-refractivity contribution < 1.29 is 4.39 Å². The minimum Gasteiger partial charge on any atom is -0.229 e. The van der Waals surface area contributed by atoms with Gasteiger partial charge in [0.1, 0.15) is 22.0 Å². The van der Waals surface area contributed by atoms with Crippen LogP contribution in [-0.4, -0.2) is 15.7 Å². The highest BCUT2D eigenvalue weighted by atomic mass is 32.2. The molecule has 0 saturated carbocycles. The second-order valence-corrected chi connectivity index (χ2v) is 6.66. The van der Waals surface area contributed by atoms with E-state index in [4.69, 9.17) is 0 Å². The van der Waals surface area contributed by atoms with Crippen LogP contribution in [0.2, 0.25) is 0 Å². The van der Waals surface area contributed by atoms with E-state index in [9.17, 15) is 4.39 Å². The van der Waals surface area contributed by atoms with Crippen LogP contribution >= 0.6 is 23.1 Å². The zero-order chi connectivity index (χ0) is 14.7.